The lowest BCUT2D eigenvalue weighted by atomic mass is 9.89. The van der Waals surface area contributed by atoms with Crippen molar-refractivity contribution in [3.63, 3.8) is 0 Å². The number of carbonyl (C=O) groups is 1. The Morgan fingerprint density at radius 1 is 1.32 bits per heavy atom. The van der Waals surface area contributed by atoms with Gasteiger partial charge in [0.25, 0.3) is 0 Å². The third-order valence-electron chi connectivity index (χ3n) is 3.91. The number of rotatable bonds is 2. The predicted molar refractivity (Wildman–Crippen MR) is 85.8 cm³/mol. The van der Waals surface area contributed by atoms with Gasteiger partial charge in [-0.3, -0.25) is 4.68 Å². The lowest BCUT2D eigenvalue weighted by Crippen LogP contribution is -2.06. The van der Waals surface area contributed by atoms with E-state index in [1.165, 1.54) is 0 Å². The van der Waals surface area contributed by atoms with Crippen LogP contribution < -0.4 is 0 Å². The first-order chi connectivity index (χ1) is 10.4. The third kappa shape index (κ3) is 2.42. The normalized spacial score (nSPS) is 21.3. The van der Waals surface area contributed by atoms with Crippen LogP contribution in [0.1, 0.15) is 18.6 Å². The molecule has 0 N–H and O–H groups in total. The fourth-order valence-corrected chi connectivity index (χ4v) is 2.94. The zero-order valence-corrected chi connectivity index (χ0v) is 13.6. The van der Waals surface area contributed by atoms with Crippen molar-refractivity contribution in [1.82, 2.24) is 9.78 Å². The zero-order valence-electron chi connectivity index (χ0n) is 12.1. The Bertz CT molecular complexity index is 782. The fraction of sp³-hybridized carbons (Fsp3) is 0.250. The first-order valence-electron chi connectivity index (χ1n) is 6.76. The summed E-state index contributed by atoms with van der Waals surface area (Å²) in [5.74, 6) is -0.499. The number of aryl methyl sites for hydroxylation is 1. The summed E-state index contributed by atoms with van der Waals surface area (Å²) in [5.41, 5.74) is 3.01. The van der Waals surface area contributed by atoms with E-state index in [-0.39, 0.29) is 11.9 Å². The molecule has 1 aliphatic rings. The molecule has 2 aromatic rings. The molecule has 0 bridgehead atoms. The number of aromatic nitrogens is 2. The zero-order chi connectivity index (χ0) is 16.0. The minimum Gasteiger partial charge on any atom is -0.453 e. The van der Waals surface area contributed by atoms with Crippen LogP contribution in [0.3, 0.4) is 0 Å². The van der Waals surface area contributed by atoms with Gasteiger partial charge in [-0.2, -0.15) is 5.10 Å². The second kappa shape index (κ2) is 5.45. The van der Waals surface area contributed by atoms with E-state index in [4.69, 9.17) is 27.9 Å². The third-order valence-corrected chi connectivity index (χ3v) is 4.64. The lowest BCUT2D eigenvalue weighted by Gasteiger charge is -2.18. The molecule has 6 heteroatoms. The van der Waals surface area contributed by atoms with Gasteiger partial charge in [0.15, 0.2) is 0 Å². The number of hydrogen-bond acceptors (Lipinski definition) is 3. The van der Waals surface area contributed by atoms with Crippen LogP contribution in [0.4, 0.5) is 0 Å². The number of esters is 1. The summed E-state index contributed by atoms with van der Waals surface area (Å²) in [5, 5.41) is 5.04. The van der Waals surface area contributed by atoms with Gasteiger partial charge < -0.3 is 4.74 Å². The van der Waals surface area contributed by atoms with Gasteiger partial charge in [-0.1, -0.05) is 36.7 Å². The fourth-order valence-electron chi connectivity index (χ4n) is 2.60. The Morgan fingerprint density at radius 3 is 2.55 bits per heavy atom. The van der Waals surface area contributed by atoms with Crippen LogP contribution in [-0.2, 0) is 16.6 Å². The molecule has 4 nitrogen and oxygen atoms in total. The van der Waals surface area contributed by atoms with Crippen LogP contribution in [0.15, 0.2) is 36.7 Å². The predicted octanol–water partition coefficient (Wildman–Crippen LogP) is 4.18. The van der Waals surface area contributed by atoms with E-state index in [9.17, 15) is 4.79 Å². The molecule has 1 aromatic heterocycles. The largest absolute Gasteiger partial charge is 0.453 e. The molecule has 0 unspecified atom stereocenters. The number of carbonyl (C=O) groups excluding carboxylic acids is 1. The Hall–Kier alpha value is -1.78. The summed E-state index contributed by atoms with van der Waals surface area (Å²) in [6.07, 6.45) is 3.18. The molecule has 1 aromatic carbocycles. The average Bonchev–Trinajstić information content (AvgIpc) is 3.01. The van der Waals surface area contributed by atoms with E-state index in [1.807, 2.05) is 20.2 Å². The average molecular weight is 337 g/mol. The van der Waals surface area contributed by atoms with Crippen LogP contribution in [0, 0.1) is 5.92 Å². The SMILES string of the molecule is C=C1C(=O)O[C@H](c2cc(Cl)c(Cl)cc2-c2cnn(C)c2)[C@H]1C. The Labute approximate surface area is 138 Å². The van der Waals surface area contributed by atoms with E-state index in [2.05, 4.69) is 11.7 Å². The van der Waals surface area contributed by atoms with Crippen LogP contribution in [0.5, 0.6) is 0 Å². The van der Waals surface area contributed by atoms with Gasteiger partial charge in [-0.25, -0.2) is 4.79 Å². The Kier molecular flexibility index (Phi) is 3.75. The van der Waals surface area contributed by atoms with E-state index in [0.29, 0.717) is 15.6 Å². The molecule has 0 radical (unpaired) electrons. The van der Waals surface area contributed by atoms with Crippen molar-refractivity contribution >= 4 is 29.2 Å². The van der Waals surface area contributed by atoms with Crippen molar-refractivity contribution in [2.45, 2.75) is 13.0 Å². The second-order valence-corrected chi connectivity index (χ2v) is 6.21. The number of hydrogen-bond donors (Lipinski definition) is 0. The second-order valence-electron chi connectivity index (χ2n) is 5.40. The van der Waals surface area contributed by atoms with E-state index in [0.717, 1.165) is 16.7 Å². The molecule has 114 valence electrons. The van der Waals surface area contributed by atoms with Crippen molar-refractivity contribution in [2.24, 2.45) is 13.0 Å². The number of cyclic esters (lactones) is 1. The van der Waals surface area contributed by atoms with Crippen molar-refractivity contribution in [3.8, 4) is 11.1 Å². The summed E-state index contributed by atoms with van der Waals surface area (Å²) in [6, 6.07) is 3.52. The van der Waals surface area contributed by atoms with Gasteiger partial charge in [0.05, 0.1) is 16.2 Å². The van der Waals surface area contributed by atoms with Crippen LogP contribution in [0.25, 0.3) is 11.1 Å². The molecule has 1 saturated heterocycles. The quantitative estimate of drug-likeness (QED) is 0.610. The van der Waals surface area contributed by atoms with E-state index in [1.54, 1.807) is 23.0 Å². The molecule has 0 saturated carbocycles. The molecule has 2 heterocycles. The standard InChI is InChI=1S/C16H14Cl2N2O2/c1-8-9(2)16(21)22-15(8)12-5-14(18)13(17)4-11(12)10-6-19-20(3)7-10/h4-8,15H,2H2,1,3H3/t8-,15-/m0/s1. The monoisotopic (exact) mass is 336 g/mol. The van der Waals surface area contributed by atoms with Crippen molar-refractivity contribution in [1.29, 1.82) is 0 Å². The molecular weight excluding hydrogens is 323 g/mol. The maximum Gasteiger partial charge on any atom is 0.334 e. The number of halogens is 2. The summed E-state index contributed by atoms with van der Waals surface area (Å²) in [4.78, 5) is 11.8. The van der Waals surface area contributed by atoms with Crippen molar-refractivity contribution in [3.05, 3.63) is 52.3 Å². The Morgan fingerprint density at radius 2 is 2.00 bits per heavy atom. The summed E-state index contributed by atoms with van der Waals surface area (Å²) in [6.45, 7) is 5.70. The molecule has 1 fully saturated rings. The van der Waals surface area contributed by atoms with E-state index >= 15 is 0 Å². The number of nitrogens with zero attached hydrogens (tertiary/aromatic N) is 2. The van der Waals surface area contributed by atoms with Gasteiger partial charge in [0, 0.05) is 35.9 Å². The van der Waals surface area contributed by atoms with Crippen molar-refractivity contribution < 1.29 is 9.53 Å². The minimum absolute atomic E-state index is 0.125. The molecule has 1 aliphatic heterocycles. The highest BCUT2D eigenvalue weighted by molar-refractivity contribution is 6.42. The Balaban J connectivity index is 2.16. The number of ether oxygens (including phenoxy) is 1. The van der Waals surface area contributed by atoms with Crippen molar-refractivity contribution in [2.75, 3.05) is 0 Å². The van der Waals surface area contributed by atoms with Gasteiger partial charge in [0.2, 0.25) is 0 Å². The maximum absolute atomic E-state index is 11.8. The molecule has 2 atom stereocenters. The van der Waals surface area contributed by atoms with Crippen LogP contribution in [0.2, 0.25) is 10.0 Å². The van der Waals surface area contributed by atoms with Gasteiger partial charge in [-0.05, 0) is 17.7 Å². The molecule has 0 amide bonds. The summed E-state index contributed by atoms with van der Waals surface area (Å²) >= 11 is 12.3. The van der Waals surface area contributed by atoms with Crippen LogP contribution >= 0.6 is 23.2 Å². The first kappa shape index (κ1) is 15.1. The minimum atomic E-state index is -0.426. The molecule has 0 aliphatic carbocycles. The van der Waals surface area contributed by atoms with Gasteiger partial charge >= 0.3 is 5.97 Å². The van der Waals surface area contributed by atoms with Gasteiger partial charge in [0.1, 0.15) is 6.10 Å². The highest BCUT2D eigenvalue weighted by atomic mass is 35.5. The lowest BCUT2D eigenvalue weighted by molar-refractivity contribution is -0.139. The smallest absolute Gasteiger partial charge is 0.334 e. The van der Waals surface area contributed by atoms with Crippen LogP contribution in [-0.4, -0.2) is 15.7 Å². The highest BCUT2D eigenvalue weighted by Crippen LogP contribution is 2.44. The van der Waals surface area contributed by atoms with Gasteiger partial charge in [-0.15, -0.1) is 0 Å². The maximum atomic E-state index is 11.8. The topological polar surface area (TPSA) is 44.1 Å². The molecule has 22 heavy (non-hydrogen) atoms. The summed E-state index contributed by atoms with van der Waals surface area (Å²) < 4.78 is 7.17. The number of benzene rings is 1. The highest BCUT2D eigenvalue weighted by Gasteiger charge is 2.38. The molecular formula is C16H14Cl2N2O2. The first-order valence-corrected chi connectivity index (χ1v) is 7.52. The molecule has 0 spiro atoms. The summed E-state index contributed by atoms with van der Waals surface area (Å²) in [7, 11) is 1.83. The van der Waals surface area contributed by atoms with E-state index < -0.39 is 6.10 Å². The molecule has 3 rings (SSSR count).